The van der Waals surface area contributed by atoms with Crippen LogP contribution < -0.4 is 20.1 Å². The number of methoxy groups -OCH3 is 2. The van der Waals surface area contributed by atoms with Crippen LogP contribution in [-0.2, 0) is 16.0 Å². The molecule has 0 aromatic heterocycles. The Morgan fingerprint density at radius 3 is 2.21 bits per heavy atom. The Bertz CT molecular complexity index is 875. The zero-order chi connectivity index (χ0) is 20.9. The van der Waals surface area contributed by atoms with Crippen molar-refractivity contribution in [3.05, 3.63) is 47.5 Å². The van der Waals surface area contributed by atoms with E-state index in [1.165, 1.54) is 7.11 Å². The molecule has 2 rings (SSSR count). The molecule has 150 valence electrons. The lowest BCUT2D eigenvalue weighted by atomic mass is 9.90. The van der Waals surface area contributed by atoms with E-state index in [1.807, 2.05) is 32.0 Å². The number of aryl methyl sites for hydroxylation is 2. The maximum atomic E-state index is 12.9. The van der Waals surface area contributed by atoms with Crippen molar-refractivity contribution in [2.24, 2.45) is 5.41 Å². The van der Waals surface area contributed by atoms with Gasteiger partial charge in [0.25, 0.3) is 0 Å². The summed E-state index contributed by atoms with van der Waals surface area (Å²) >= 11 is 0. The minimum atomic E-state index is -1.28. The summed E-state index contributed by atoms with van der Waals surface area (Å²) in [6, 6.07) is 10.9. The van der Waals surface area contributed by atoms with Gasteiger partial charge in [0.2, 0.25) is 11.8 Å². The fraction of sp³-hybridized carbons (Fsp3) is 0.364. The standard InChI is InChI=1S/C22H28N2O4/c1-7-15-10-8-9-14(2)19(15)24-21(26)22(3,4)20(25)23-16-11-12-17(27-5)18(13-16)28-6/h8-13H,7H2,1-6H3,(H,23,25)(H,24,26). The molecule has 0 aliphatic carbocycles. The van der Waals surface area contributed by atoms with Gasteiger partial charge in [0.05, 0.1) is 14.2 Å². The zero-order valence-corrected chi connectivity index (χ0v) is 17.3. The van der Waals surface area contributed by atoms with E-state index in [9.17, 15) is 9.59 Å². The predicted molar refractivity (Wildman–Crippen MR) is 111 cm³/mol. The molecule has 2 N–H and O–H groups in total. The second-order valence-electron chi connectivity index (χ2n) is 7.07. The SMILES string of the molecule is CCc1cccc(C)c1NC(=O)C(C)(C)C(=O)Nc1ccc(OC)c(OC)c1. The Hall–Kier alpha value is -3.02. The van der Waals surface area contributed by atoms with Gasteiger partial charge in [0, 0.05) is 17.4 Å². The Balaban J connectivity index is 2.19. The minimum absolute atomic E-state index is 0.366. The third-order valence-electron chi connectivity index (χ3n) is 4.76. The third-order valence-corrected chi connectivity index (χ3v) is 4.76. The van der Waals surface area contributed by atoms with Crippen molar-refractivity contribution in [3.63, 3.8) is 0 Å². The molecule has 6 heteroatoms. The summed E-state index contributed by atoms with van der Waals surface area (Å²) in [7, 11) is 3.06. The summed E-state index contributed by atoms with van der Waals surface area (Å²) in [4.78, 5) is 25.7. The van der Waals surface area contributed by atoms with Crippen molar-refractivity contribution in [2.75, 3.05) is 24.9 Å². The van der Waals surface area contributed by atoms with E-state index in [2.05, 4.69) is 10.6 Å². The molecule has 0 unspecified atom stereocenters. The smallest absolute Gasteiger partial charge is 0.239 e. The van der Waals surface area contributed by atoms with Crippen LogP contribution in [0.4, 0.5) is 11.4 Å². The van der Waals surface area contributed by atoms with Gasteiger partial charge in [-0.2, -0.15) is 0 Å². The van der Waals surface area contributed by atoms with Crippen molar-refractivity contribution < 1.29 is 19.1 Å². The van der Waals surface area contributed by atoms with E-state index in [4.69, 9.17) is 9.47 Å². The number of para-hydroxylation sites is 1. The molecule has 0 bridgehead atoms. The van der Waals surface area contributed by atoms with Gasteiger partial charge in [-0.3, -0.25) is 9.59 Å². The highest BCUT2D eigenvalue weighted by molar-refractivity contribution is 6.14. The van der Waals surface area contributed by atoms with Crippen LogP contribution in [0.5, 0.6) is 11.5 Å². The maximum Gasteiger partial charge on any atom is 0.239 e. The molecule has 0 atom stereocenters. The predicted octanol–water partition coefficient (Wildman–Crippen LogP) is 4.18. The van der Waals surface area contributed by atoms with Gasteiger partial charge in [-0.05, 0) is 50.5 Å². The maximum absolute atomic E-state index is 12.9. The van der Waals surface area contributed by atoms with Crippen LogP contribution in [0.2, 0.25) is 0 Å². The third kappa shape index (κ3) is 4.44. The summed E-state index contributed by atoms with van der Waals surface area (Å²) in [5.74, 6) is 0.275. The lowest BCUT2D eigenvalue weighted by Gasteiger charge is -2.24. The van der Waals surface area contributed by atoms with E-state index < -0.39 is 11.3 Å². The first-order valence-electron chi connectivity index (χ1n) is 9.18. The Labute approximate surface area is 166 Å². The van der Waals surface area contributed by atoms with Gasteiger partial charge in [-0.25, -0.2) is 0 Å². The minimum Gasteiger partial charge on any atom is -0.493 e. The highest BCUT2D eigenvalue weighted by Gasteiger charge is 2.36. The van der Waals surface area contributed by atoms with E-state index in [-0.39, 0.29) is 5.91 Å². The molecule has 0 heterocycles. The first kappa shape index (κ1) is 21.3. The van der Waals surface area contributed by atoms with Crippen LogP contribution in [0.3, 0.4) is 0 Å². The number of carbonyl (C=O) groups is 2. The van der Waals surface area contributed by atoms with Crippen molar-refractivity contribution in [2.45, 2.75) is 34.1 Å². The summed E-state index contributed by atoms with van der Waals surface area (Å²) in [5, 5.41) is 5.72. The van der Waals surface area contributed by atoms with Crippen molar-refractivity contribution in [3.8, 4) is 11.5 Å². The molecular formula is C22H28N2O4. The fourth-order valence-electron chi connectivity index (χ4n) is 2.78. The van der Waals surface area contributed by atoms with E-state index >= 15 is 0 Å². The normalized spacial score (nSPS) is 10.9. The van der Waals surface area contributed by atoms with Crippen LogP contribution in [0.15, 0.2) is 36.4 Å². The Kier molecular flexibility index (Phi) is 6.67. The molecule has 2 aromatic rings. The summed E-state index contributed by atoms with van der Waals surface area (Å²) in [6.07, 6.45) is 0.787. The number of carbonyl (C=O) groups excluding carboxylic acids is 2. The zero-order valence-electron chi connectivity index (χ0n) is 17.3. The number of hydrogen-bond donors (Lipinski definition) is 2. The van der Waals surface area contributed by atoms with Gasteiger partial charge < -0.3 is 20.1 Å². The average Bonchev–Trinajstić information content (AvgIpc) is 2.68. The van der Waals surface area contributed by atoms with Crippen LogP contribution in [0, 0.1) is 12.3 Å². The number of benzene rings is 2. The molecular weight excluding hydrogens is 356 g/mol. The van der Waals surface area contributed by atoms with E-state index in [1.54, 1.807) is 39.2 Å². The van der Waals surface area contributed by atoms with E-state index in [0.717, 1.165) is 23.2 Å². The highest BCUT2D eigenvalue weighted by Crippen LogP contribution is 2.31. The number of nitrogens with one attached hydrogen (secondary N) is 2. The van der Waals surface area contributed by atoms with Gasteiger partial charge in [-0.15, -0.1) is 0 Å². The monoisotopic (exact) mass is 384 g/mol. The molecule has 0 spiro atoms. The van der Waals surface area contributed by atoms with Gasteiger partial charge in [-0.1, -0.05) is 25.1 Å². The second-order valence-corrected chi connectivity index (χ2v) is 7.07. The molecule has 0 fully saturated rings. The molecule has 0 aliphatic heterocycles. The molecule has 0 aliphatic rings. The van der Waals surface area contributed by atoms with Gasteiger partial charge in [0.1, 0.15) is 5.41 Å². The summed E-state index contributed by atoms with van der Waals surface area (Å²) in [5.41, 5.74) is 2.00. The molecule has 0 radical (unpaired) electrons. The van der Waals surface area contributed by atoms with Crippen LogP contribution in [0.1, 0.15) is 31.9 Å². The van der Waals surface area contributed by atoms with Gasteiger partial charge in [0.15, 0.2) is 11.5 Å². The van der Waals surface area contributed by atoms with Crippen molar-refractivity contribution in [1.82, 2.24) is 0 Å². The number of ether oxygens (including phenoxy) is 2. The fourth-order valence-corrected chi connectivity index (χ4v) is 2.78. The average molecular weight is 384 g/mol. The Morgan fingerprint density at radius 1 is 0.964 bits per heavy atom. The van der Waals surface area contributed by atoms with Crippen molar-refractivity contribution in [1.29, 1.82) is 0 Å². The van der Waals surface area contributed by atoms with Crippen LogP contribution >= 0.6 is 0 Å². The molecule has 6 nitrogen and oxygen atoms in total. The first-order valence-corrected chi connectivity index (χ1v) is 9.18. The van der Waals surface area contributed by atoms with Crippen LogP contribution in [0.25, 0.3) is 0 Å². The lowest BCUT2D eigenvalue weighted by molar-refractivity contribution is -0.135. The molecule has 2 aromatic carbocycles. The number of hydrogen-bond acceptors (Lipinski definition) is 4. The van der Waals surface area contributed by atoms with E-state index in [0.29, 0.717) is 17.2 Å². The van der Waals surface area contributed by atoms with Crippen molar-refractivity contribution >= 4 is 23.2 Å². The molecule has 28 heavy (non-hydrogen) atoms. The molecule has 2 amide bonds. The van der Waals surface area contributed by atoms with Crippen LogP contribution in [-0.4, -0.2) is 26.0 Å². The Morgan fingerprint density at radius 2 is 1.61 bits per heavy atom. The second kappa shape index (κ2) is 8.78. The van der Waals surface area contributed by atoms with Gasteiger partial charge >= 0.3 is 0 Å². The number of anilines is 2. The highest BCUT2D eigenvalue weighted by atomic mass is 16.5. The molecule has 0 saturated carbocycles. The summed E-state index contributed by atoms with van der Waals surface area (Å²) < 4.78 is 10.5. The largest absolute Gasteiger partial charge is 0.493 e. The summed E-state index contributed by atoms with van der Waals surface area (Å²) in [6.45, 7) is 7.16. The number of amides is 2. The quantitative estimate of drug-likeness (QED) is 0.702. The number of rotatable bonds is 7. The topological polar surface area (TPSA) is 76.7 Å². The first-order chi connectivity index (χ1) is 13.2. The lowest BCUT2D eigenvalue weighted by Crippen LogP contribution is -2.41. The molecule has 0 saturated heterocycles.